The fourth-order valence-corrected chi connectivity index (χ4v) is 0. The van der Waals surface area contributed by atoms with Gasteiger partial charge in [0.15, 0.2) is 0 Å². The number of hydrogen-bond donors (Lipinski definition) is 2. The zero-order chi connectivity index (χ0) is 14.0. The molecule has 0 saturated heterocycles. The summed E-state index contributed by atoms with van der Waals surface area (Å²) in [5, 5.41) is 14.6. The van der Waals surface area contributed by atoms with Gasteiger partial charge in [0.05, 0.1) is 0 Å². The van der Waals surface area contributed by atoms with Crippen molar-refractivity contribution in [1.82, 2.24) is 0 Å². The molecular formula is C4H6BF9O2. The molecule has 0 heterocycles. The molecule has 0 aliphatic rings. The van der Waals surface area contributed by atoms with E-state index in [2.05, 4.69) is 0 Å². The van der Waals surface area contributed by atoms with E-state index >= 15 is 0 Å². The molecule has 0 aromatic rings. The van der Waals surface area contributed by atoms with Gasteiger partial charge in [0, 0.05) is 0 Å². The molecule has 0 radical (unpaired) electrons. The van der Waals surface area contributed by atoms with Gasteiger partial charge in [-0.15, -0.1) is 0 Å². The van der Waals surface area contributed by atoms with E-state index in [1.54, 1.807) is 0 Å². The van der Waals surface area contributed by atoms with Crippen LogP contribution in [0.15, 0.2) is 0 Å². The smallest absolute Gasteiger partial charge is 0.387 e. The molecule has 0 aliphatic carbocycles. The molecular weight excluding hydrogens is 262 g/mol. The summed E-state index contributed by atoms with van der Waals surface area (Å²) in [4.78, 5) is 0. The van der Waals surface area contributed by atoms with Crippen LogP contribution in [0.2, 0.25) is 0 Å². The Labute approximate surface area is 83.9 Å². The Bertz CT molecular complexity index is 127. The summed E-state index contributed by atoms with van der Waals surface area (Å²) in [6.07, 6.45) is -8.81. The molecule has 0 spiro atoms. The molecule has 100 valence electrons. The van der Waals surface area contributed by atoms with Crippen molar-refractivity contribution in [3.05, 3.63) is 0 Å². The lowest BCUT2D eigenvalue weighted by Crippen LogP contribution is -2.12. The predicted molar refractivity (Wildman–Crippen MR) is 35.4 cm³/mol. The standard InChI is InChI=1S/2C2H3F3O.BF3/c2*3-2(4,5)1-6;2-1(3)4/h2*6H,1H2;. The van der Waals surface area contributed by atoms with E-state index < -0.39 is 33.1 Å². The van der Waals surface area contributed by atoms with Crippen LogP contribution < -0.4 is 0 Å². The van der Waals surface area contributed by atoms with Gasteiger partial charge in [-0.1, -0.05) is 0 Å². The van der Waals surface area contributed by atoms with Gasteiger partial charge in [-0.2, -0.15) is 26.3 Å². The maximum atomic E-state index is 10.5. The van der Waals surface area contributed by atoms with Gasteiger partial charge in [0.1, 0.15) is 13.2 Å². The Morgan fingerprint density at radius 2 is 0.750 bits per heavy atom. The van der Waals surface area contributed by atoms with Gasteiger partial charge < -0.3 is 10.2 Å². The van der Waals surface area contributed by atoms with Crippen LogP contribution in [0.3, 0.4) is 0 Å². The van der Waals surface area contributed by atoms with Crippen LogP contribution in [0, 0.1) is 0 Å². The zero-order valence-electron chi connectivity index (χ0n) is 7.29. The molecule has 2 nitrogen and oxygen atoms in total. The van der Waals surface area contributed by atoms with Crippen LogP contribution in [-0.4, -0.2) is 43.3 Å². The maximum absolute atomic E-state index is 10.5. The van der Waals surface area contributed by atoms with E-state index in [-0.39, 0.29) is 0 Å². The highest BCUT2D eigenvalue weighted by Gasteiger charge is 2.25. The van der Waals surface area contributed by atoms with E-state index in [0.717, 1.165) is 0 Å². The summed E-state index contributed by atoms with van der Waals surface area (Å²) in [5.74, 6) is 0. The molecule has 0 bridgehead atoms. The third-order valence-electron chi connectivity index (χ3n) is 0.359. The normalized spacial score (nSPS) is 10.7. The molecule has 0 unspecified atom stereocenters. The van der Waals surface area contributed by atoms with Crippen LogP contribution in [0.25, 0.3) is 0 Å². The highest BCUT2D eigenvalue weighted by molar-refractivity contribution is 6.33. The Balaban J connectivity index is -0.000000162. The summed E-state index contributed by atoms with van der Waals surface area (Å²) in [7, 11) is -3.67. The summed E-state index contributed by atoms with van der Waals surface area (Å²) in [6.45, 7) is -3.46. The molecule has 0 aromatic carbocycles. The largest absolute Gasteiger partial charge is 0.762 e. The first-order chi connectivity index (χ1) is 6.85. The number of alkyl halides is 6. The third kappa shape index (κ3) is 71.1. The maximum Gasteiger partial charge on any atom is 0.762 e. The van der Waals surface area contributed by atoms with E-state index in [9.17, 15) is 39.3 Å². The highest BCUT2D eigenvalue weighted by atomic mass is 19.4. The van der Waals surface area contributed by atoms with Gasteiger partial charge in [-0.3, -0.25) is 12.9 Å². The van der Waals surface area contributed by atoms with Crippen LogP contribution in [0.1, 0.15) is 0 Å². The van der Waals surface area contributed by atoms with Crippen molar-refractivity contribution in [2.45, 2.75) is 12.4 Å². The molecule has 0 amide bonds. The van der Waals surface area contributed by atoms with Gasteiger partial charge in [0.2, 0.25) is 0 Å². The number of rotatable bonds is 0. The lowest BCUT2D eigenvalue weighted by molar-refractivity contribution is -0.160. The number of aliphatic hydroxyl groups excluding tert-OH is 2. The molecule has 2 N–H and O–H groups in total. The van der Waals surface area contributed by atoms with Crippen molar-refractivity contribution in [2.75, 3.05) is 13.2 Å². The summed E-state index contributed by atoms with van der Waals surface area (Å²) < 4.78 is 92.2. The molecule has 0 saturated carbocycles. The van der Waals surface area contributed by atoms with Crippen molar-refractivity contribution in [3.63, 3.8) is 0 Å². The van der Waals surface area contributed by atoms with Crippen molar-refractivity contribution < 1.29 is 49.5 Å². The molecule has 0 aliphatic heterocycles. The second-order valence-electron chi connectivity index (χ2n) is 1.79. The first kappa shape index (κ1) is 20.7. The quantitative estimate of drug-likeness (QED) is 0.520. The molecule has 0 atom stereocenters. The number of hydrogen-bond acceptors (Lipinski definition) is 2. The van der Waals surface area contributed by atoms with Crippen LogP contribution in [-0.2, 0) is 0 Å². The molecule has 12 heteroatoms. The Hall–Kier alpha value is -0.645. The average Bonchev–Trinajstić information content (AvgIpc) is 2.02. The minimum absolute atomic E-state index is 1.73. The second kappa shape index (κ2) is 9.57. The molecule has 16 heavy (non-hydrogen) atoms. The van der Waals surface area contributed by atoms with Gasteiger partial charge >= 0.3 is 19.9 Å². The van der Waals surface area contributed by atoms with Crippen molar-refractivity contribution in [2.24, 2.45) is 0 Å². The van der Waals surface area contributed by atoms with E-state index in [1.807, 2.05) is 0 Å². The average molecular weight is 268 g/mol. The van der Waals surface area contributed by atoms with Crippen LogP contribution >= 0.6 is 0 Å². The van der Waals surface area contributed by atoms with Crippen molar-refractivity contribution in [3.8, 4) is 0 Å². The van der Waals surface area contributed by atoms with Crippen LogP contribution in [0.4, 0.5) is 39.3 Å². The summed E-state index contributed by atoms with van der Waals surface area (Å²) in [5.41, 5.74) is 0. The van der Waals surface area contributed by atoms with Crippen molar-refractivity contribution >= 4 is 7.54 Å². The molecule has 0 fully saturated rings. The fourth-order valence-electron chi connectivity index (χ4n) is 0. The summed E-state index contributed by atoms with van der Waals surface area (Å²) >= 11 is 0. The van der Waals surface area contributed by atoms with E-state index in [0.29, 0.717) is 0 Å². The first-order valence-corrected chi connectivity index (χ1v) is 3.13. The van der Waals surface area contributed by atoms with Gasteiger partial charge in [-0.25, -0.2) is 0 Å². The second-order valence-corrected chi connectivity index (χ2v) is 1.79. The highest BCUT2D eigenvalue weighted by Crippen LogP contribution is 2.11. The SMILES string of the molecule is FB(F)F.OCC(F)(F)F.OCC(F)(F)F. The summed E-state index contributed by atoms with van der Waals surface area (Å²) in [6, 6.07) is 0. The topological polar surface area (TPSA) is 40.5 Å². The molecule has 0 rings (SSSR count). The predicted octanol–water partition coefficient (Wildman–Crippen LogP) is 1.96. The first-order valence-electron chi connectivity index (χ1n) is 3.13. The zero-order valence-corrected chi connectivity index (χ0v) is 7.29. The fraction of sp³-hybridized carbons (Fsp3) is 1.00. The number of halogens is 9. The monoisotopic (exact) mass is 268 g/mol. The lowest BCUT2D eigenvalue weighted by atomic mass is 10.5. The number of aliphatic hydroxyl groups is 2. The van der Waals surface area contributed by atoms with E-state index in [4.69, 9.17) is 10.2 Å². The Kier molecular flexibility index (Phi) is 12.4. The van der Waals surface area contributed by atoms with Crippen molar-refractivity contribution in [1.29, 1.82) is 0 Å². The van der Waals surface area contributed by atoms with Gasteiger partial charge in [-0.05, 0) is 0 Å². The lowest BCUT2D eigenvalue weighted by Gasteiger charge is -1.95. The Morgan fingerprint density at radius 1 is 0.688 bits per heavy atom. The molecule has 0 aromatic heterocycles. The van der Waals surface area contributed by atoms with Gasteiger partial charge in [0.25, 0.3) is 0 Å². The van der Waals surface area contributed by atoms with Crippen LogP contribution in [0.5, 0.6) is 0 Å². The minimum atomic E-state index is -4.40. The Morgan fingerprint density at radius 3 is 0.750 bits per heavy atom. The third-order valence-corrected chi connectivity index (χ3v) is 0.359. The van der Waals surface area contributed by atoms with E-state index in [1.165, 1.54) is 0 Å². The minimum Gasteiger partial charge on any atom is -0.387 e.